The van der Waals surface area contributed by atoms with Crippen molar-refractivity contribution in [3.05, 3.63) is 50.9 Å². The van der Waals surface area contributed by atoms with E-state index in [0.29, 0.717) is 28.6 Å². The highest BCUT2D eigenvalue weighted by molar-refractivity contribution is 6.30. The fourth-order valence-electron chi connectivity index (χ4n) is 2.23. The summed E-state index contributed by atoms with van der Waals surface area (Å²) < 4.78 is 4.86. The van der Waals surface area contributed by atoms with Gasteiger partial charge in [-0.1, -0.05) is 11.6 Å². The molecule has 0 spiro atoms. The van der Waals surface area contributed by atoms with Crippen molar-refractivity contribution in [1.82, 2.24) is 9.97 Å². The molecule has 8 nitrogen and oxygen atoms in total. The zero-order valence-corrected chi connectivity index (χ0v) is 15.3. The lowest BCUT2D eigenvalue weighted by molar-refractivity contribution is -0.143. The molecule has 0 amide bonds. The van der Waals surface area contributed by atoms with E-state index in [-0.39, 0.29) is 36.3 Å². The topological polar surface area (TPSA) is 122 Å². The lowest BCUT2D eigenvalue weighted by Crippen LogP contribution is -2.23. The first-order valence-corrected chi connectivity index (χ1v) is 8.39. The van der Waals surface area contributed by atoms with Gasteiger partial charge in [0, 0.05) is 22.7 Å². The van der Waals surface area contributed by atoms with Crippen LogP contribution in [-0.2, 0) is 16.0 Å². The molecule has 9 heteroatoms. The van der Waals surface area contributed by atoms with Crippen LogP contribution < -0.4 is 16.6 Å². The highest BCUT2D eigenvalue weighted by atomic mass is 35.5. The molecule has 0 saturated heterocycles. The van der Waals surface area contributed by atoms with Crippen LogP contribution in [0.3, 0.4) is 0 Å². The van der Waals surface area contributed by atoms with Crippen molar-refractivity contribution in [2.45, 2.75) is 26.7 Å². The molecule has 0 aliphatic carbocycles. The summed E-state index contributed by atoms with van der Waals surface area (Å²) >= 11 is 5.82. The Bertz CT molecular complexity index is 862. The van der Waals surface area contributed by atoms with Gasteiger partial charge in [-0.05, 0) is 44.5 Å². The lowest BCUT2D eigenvalue weighted by atomic mass is 10.1. The SMILES string of the molecule is CCOC(=O)CCc1c(C)nc(N=C(N)Nc2ccc(Cl)cc2)[nH]c1=O. The van der Waals surface area contributed by atoms with Gasteiger partial charge in [0.2, 0.25) is 11.9 Å². The number of nitrogens with one attached hydrogen (secondary N) is 2. The molecule has 2 aromatic rings. The molecule has 0 atom stereocenters. The van der Waals surface area contributed by atoms with Crippen LogP contribution in [-0.4, -0.2) is 28.5 Å². The lowest BCUT2D eigenvalue weighted by Gasteiger charge is -2.07. The maximum atomic E-state index is 12.2. The van der Waals surface area contributed by atoms with Crippen molar-refractivity contribution < 1.29 is 9.53 Å². The summed E-state index contributed by atoms with van der Waals surface area (Å²) in [4.78, 5) is 34.5. The van der Waals surface area contributed by atoms with Gasteiger partial charge >= 0.3 is 5.97 Å². The number of esters is 1. The van der Waals surface area contributed by atoms with E-state index in [2.05, 4.69) is 20.3 Å². The number of aliphatic imine (C=N–C) groups is 1. The molecule has 0 fully saturated rings. The third-order valence-corrected chi connectivity index (χ3v) is 3.69. The van der Waals surface area contributed by atoms with E-state index in [4.69, 9.17) is 22.1 Å². The van der Waals surface area contributed by atoms with E-state index >= 15 is 0 Å². The first-order valence-electron chi connectivity index (χ1n) is 8.01. The molecule has 4 N–H and O–H groups in total. The third kappa shape index (κ3) is 5.59. The number of guanidine groups is 1. The molecule has 0 bridgehead atoms. The zero-order chi connectivity index (χ0) is 19.1. The number of ether oxygens (including phenoxy) is 1. The fraction of sp³-hybridized carbons (Fsp3) is 0.294. The van der Waals surface area contributed by atoms with Crippen LogP contribution in [0.2, 0.25) is 5.02 Å². The van der Waals surface area contributed by atoms with Crippen LogP contribution in [0, 0.1) is 6.92 Å². The molecule has 0 aliphatic rings. The number of carbonyl (C=O) groups excluding carboxylic acids is 1. The molecule has 0 aliphatic heterocycles. The Morgan fingerprint density at radius 1 is 1.38 bits per heavy atom. The Hall–Kier alpha value is -2.87. The summed E-state index contributed by atoms with van der Waals surface area (Å²) in [6, 6.07) is 6.90. The van der Waals surface area contributed by atoms with Crippen molar-refractivity contribution in [3.63, 3.8) is 0 Å². The Kier molecular flexibility index (Phi) is 6.74. The van der Waals surface area contributed by atoms with Gasteiger partial charge in [0.25, 0.3) is 5.56 Å². The number of anilines is 1. The smallest absolute Gasteiger partial charge is 0.306 e. The second-order valence-electron chi connectivity index (χ2n) is 5.39. The summed E-state index contributed by atoms with van der Waals surface area (Å²) in [5, 5.41) is 3.47. The summed E-state index contributed by atoms with van der Waals surface area (Å²) in [5.74, 6) is -0.217. The van der Waals surface area contributed by atoms with Crippen LogP contribution in [0.4, 0.5) is 11.6 Å². The number of carbonyl (C=O) groups is 1. The minimum Gasteiger partial charge on any atom is -0.466 e. The Morgan fingerprint density at radius 3 is 2.69 bits per heavy atom. The molecule has 138 valence electrons. The number of benzene rings is 1. The van der Waals surface area contributed by atoms with Gasteiger partial charge in [-0.3, -0.25) is 14.6 Å². The molecule has 1 aromatic heterocycles. The van der Waals surface area contributed by atoms with Crippen LogP contribution in [0.25, 0.3) is 0 Å². The second-order valence-corrected chi connectivity index (χ2v) is 5.82. The van der Waals surface area contributed by atoms with E-state index in [1.807, 2.05) is 0 Å². The number of H-pyrrole nitrogens is 1. The number of halogens is 1. The molecule has 1 heterocycles. The van der Waals surface area contributed by atoms with Gasteiger partial charge in [-0.2, -0.15) is 4.99 Å². The number of aromatic amines is 1. The van der Waals surface area contributed by atoms with Gasteiger partial charge in [0.1, 0.15) is 0 Å². The van der Waals surface area contributed by atoms with E-state index in [1.165, 1.54) is 0 Å². The van der Waals surface area contributed by atoms with Crippen LogP contribution >= 0.6 is 11.6 Å². The van der Waals surface area contributed by atoms with E-state index < -0.39 is 0 Å². The largest absolute Gasteiger partial charge is 0.466 e. The van der Waals surface area contributed by atoms with E-state index in [0.717, 1.165) is 0 Å². The number of nitrogens with two attached hydrogens (primary N) is 1. The average Bonchev–Trinajstić information content (AvgIpc) is 2.56. The number of rotatable bonds is 6. The van der Waals surface area contributed by atoms with Crippen molar-refractivity contribution in [1.29, 1.82) is 0 Å². The molecule has 26 heavy (non-hydrogen) atoms. The summed E-state index contributed by atoms with van der Waals surface area (Å²) in [6.07, 6.45) is 0.359. The molecule has 0 saturated carbocycles. The predicted molar refractivity (Wildman–Crippen MR) is 101 cm³/mol. The highest BCUT2D eigenvalue weighted by Crippen LogP contribution is 2.13. The predicted octanol–water partition coefficient (Wildman–Crippen LogP) is 2.29. The van der Waals surface area contributed by atoms with Crippen LogP contribution in [0.5, 0.6) is 0 Å². The van der Waals surface area contributed by atoms with Crippen molar-refractivity contribution in [2.24, 2.45) is 10.7 Å². The Labute approximate surface area is 155 Å². The molecular formula is C17H20ClN5O3. The van der Waals surface area contributed by atoms with Crippen molar-refractivity contribution >= 4 is 35.2 Å². The molecule has 1 aromatic carbocycles. The number of aryl methyl sites for hydroxylation is 1. The second kappa shape index (κ2) is 9.00. The standard InChI is InChI=1S/C17H20ClN5O3/c1-3-26-14(24)9-8-13-10(2)20-17(22-15(13)25)23-16(19)21-12-6-4-11(18)5-7-12/h4-7H,3,8-9H2,1-2H3,(H4,19,20,21,22,23,25). The molecular weight excluding hydrogens is 358 g/mol. The fourth-order valence-corrected chi connectivity index (χ4v) is 2.35. The Morgan fingerprint density at radius 2 is 2.08 bits per heavy atom. The summed E-state index contributed by atoms with van der Waals surface area (Å²) in [6.45, 7) is 3.71. The number of hydrogen-bond donors (Lipinski definition) is 3. The third-order valence-electron chi connectivity index (χ3n) is 3.44. The van der Waals surface area contributed by atoms with Crippen LogP contribution in [0.15, 0.2) is 34.1 Å². The molecule has 2 rings (SSSR count). The first kappa shape index (κ1) is 19.5. The highest BCUT2D eigenvalue weighted by Gasteiger charge is 2.11. The van der Waals surface area contributed by atoms with E-state index in [9.17, 15) is 9.59 Å². The number of nitrogens with zero attached hydrogens (tertiary/aromatic N) is 2. The number of aromatic nitrogens is 2. The summed E-state index contributed by atoms with van der Waals surface area (Å²) in [7, 11) is 0. The zero-order valence-electron chi connectivity index (χ0n) is 14.5. The maximum Gasteiger partial charge on any atom is 0.306 e. The minimum absolute atomic E-state index is 0.0640. The first-order chi connectivity index (χ1) is 12.4. The van der Waals surface area contributed by atoms with Crippen LogP contribution in [0.1, 0.15) is 24.6 Å². The van der Waals surface area contributed by atoms with Gasteiger partial charge < -0.3 is 15.8 Å². The Balaban J connectivity index is 2.11. The van der Waals surface area contributed by atoms with E-state index in [1.54, 1.807) is 38.1 Å². The van der Waals surface area contributed by atoms with Crippen molar-refractivity contribution in [3.8, 4) is 0 Å². The normalized spacial score (nSPS) is 11.3. The van der Waals surface area contributed by atoms with Gasteiger partial charge in [-0.25, -0.2) is 4.98 Å². The minimum atomic E-state index is -0.361. The maximum absolute atomic E-state index is 12.2. The average molecular weight is 378 g/mol. The molecule has 0 unspecified atom stereocenters. The molecule has 0 radical (unpaired) electrons. The van der Waals surface area contributed by atoms with Gasteiger partial charge in [-0.15, -0.1) is 0 Å². The number of hydrogen-bond acceptors (Lipinski definition) is 5. The summed E-state index contributed by atoms with van der Waals surface area (Å²) in [5.41, 5.74) is 7.06. The van der Waals surface area contributed by atoms with Gasteiger partial charge in [0.05, 0.1) is 12.3 Å². The monoisotopic (exact) mass is 377 g/mol. The quantitative estimate of drug-likeness (QED) is 0.403. The van der Waals surface area contributed by atoms with Crippen molar-refractivity contribution in [2.75, 3.05) is 11.9 Å². The van der Waals surface area contributed by atoms with Gasteiger partial charge in [0.15, 0.2) is 0 Å².